The smallest absolute Gasteiger partial charge is 0.405 e. The molecular formula is C11H17N3O2. The zero-order valence-electron chi connectivity index (χ0n) is 9.53. The van der Waals surface area contributed by atoms with Crippen LogP contribution in [0.2, 0.25) is 0 Å². The minimum absolute atomic E-state index is 0.390. The minimum atomic E-state index is -1.03. The highest BCUT2D eigenvalue weighted by atomic mass is 16.4. The number of amides is 1. The van der Waals surface area contributed by atoms with Gasteiger partial charge in [0.2, 0.25) is 0 Å². The lowest BCUT2D eigenvalue weighted by atomic mass is 9.98. The normalized spacial score (nSPS) is 11.2. The zero-order valence-corrected chi connectivity index (χ0v) is 9.53. The Labute approximate surface area is 94.7 Å². The van der Waals surface area contributed by atoms with E-state index in [0.717, 1.165) is 11.4 Å². The van der Waals surface area contributed by atoms with Crippen LogP contribution < -0.4 is 11.1 Å². The Bertz CT molecular complexity index is 377. The molecular weight excluding hydrogens is 206 g/mol. The standard InChI is InChI=1S/C11H17N3O2/c1-11(2,14-10(15)16)6-8-4-3-5-9(7-12)13-8/h3-5,14H,6-7,12H2,1-2H3,(H,15,16). The van der Waals surface area contributed by atoms with Crippen LogP contribution in [0.4, 0.5) is 4.79 Å². The number of carbonyl (C=O) groups is 1. The monoisotopic (exact) mass is 223 g/mol. The number of pyridine rings is 1. The van der Waals surface area contributed by atoms with Crippen molar-refractivity contribution < 1.29 is 9.90 Å². The van der Waals surface area contributed by atoms with Crippen molar-refractivity contribution in [2.24, 2.45) is 5.73 Å². The summed E-state index contributed by atoms with van der Waals surface area (Å²) in [7, 11) is 0. The molecule has 0 fully saturated rings. The van der Waals surface area contributed by atoms with Gasteiger partial charge in [0.25, 0.3) is 0 Å². The van der Waals surface area contributed by atoms with Crippen LogP contribution in [-0.4, -0.2) is 21.7 Å². The first-order chi connectivity index (χ1) is 7.43. The summed E-state index contributed by atoms with van der Waals surface area (Å²) in [6.07, 6.45) is -0.493. The maximum absolute atomic E-state index is 10.6. The molecule has 1 rings (SSSR count). The van der Waals surface area contributed by atoms with E-state index >= 15 is 0 Å². The van der Waals surface area contributed by atoms with Gasteiger partial charge in [0.15, 0.2) is 0 Å². The molecule has 0 saturated carbocycles. The molecule has 0 aromatic carbocycles. The van der Waals surface area contributed by atoms with Crippen molar-refractivity contribution in [1.82, 2.24) is 10.3 Å². The number of nitrogens with two attached hydrogens (primary N) is 1. The molecule has 1 heterocycles. The van der Waals surface area contributed by atoms with E-state index in [1.807, 2.05) is 32.0 Å². The van der Waals surface area contributed by atoms with Crippen molar-refractivity contribution in [3.63, 3.8) is 0 Å². The summed E-state index contributed by atoms with van der Waals surface area (Å²) in [6, 6.07) is 5.59. The van der Waals surface area contributed by atoms with E-state index in [9.17, 15) is 4.79 Å². The molecule has 1 aromatic heterocycles. The molecule has 5 heteroatoms. The molecule has 0 aliphatic rings. The molecule has 0 aliphatic heterocycles. The van der Waals surface area contributed by atoms with E-state index in [-0.39, 0.29) is 0 Å². The predicted molar refractivity (Wildman–Crippen MR) is 61.1 cm³/mol. The molecule has 16 heavy (non-hydrogen) atoms. The Hall–Kier alpha value is -1.62. The Balaban J connectivity index is 2.75. The second kappa shape index (κ2) is 4.94. The summed E-state index contributed by atoms with van der Waals surface area (Å²) in [5, 5.41) is 11.1. The Morgan fingerprint density at radius 3 is 2.69 bits per heavy atom. The Morgan fingerprint density at radius 2 is 2.12 bits per heavy atom. The van der Waals surface area contributed by atoms with Gasteiger partial charge in [-0.2, -0.15) is 0 Å². The van der Waals surface area contributed by atoms with Crippen molar-refractivity contribution in [2.75, 3.05) is 0 Å². The summed E-state index contributed by atoms with van der Waals surface area (Å²) in [5.41, 5.74) is 6.60. The van der Waals surface area contributed by atoms with Gasteiger partial charge in [0.1, 0.15) is 0 Å². The van der Waals surface area contributed by atoms with Gasteiger partial charge >= 0.3 is 6.09 Å². The summed E-state index contributed by atoms with van der Waals surface area (Å²) < 4.78 is 0. The van der Waals surface area contributed by atoms with E-state index in [2.05, 4.69) is 10.3 Å². The van der Waals surface area contributed by atoms with Gasteiger partial charge in [-0.1, -0.05) is 6.07 Å². The lowest BCUT2D eigenvalue weighted by Crippen LogP contribution is -2.44. The van der Waals surface area contributed by atoms with Crippen LogP contribution in [0.3, 0.4) is 0 Å². The molecule has 0 aliphatic carbocycles. The van der Waals surface area contributed by atoms with Gasteiger partial charge in [0.05, 0.1) is 5.69 Å². The van der Waals surface area contributed by atoms with Crippen molar-refractivity contribution in [1.29, 1.82) is 0 Å². The second-order valence-corrected chi connectivity index (χ2v) is 4.32. The quantitative estimate of drug-likeness (QED) is 0.714. The van der Waals surface area contributed by atoms with Gasteiger partial charge in [-0.15, -0.1) is 0 Å². The van der Waals surface area contributed by atoms with Crippen LogP contribution in [0.25, 0.3) is 0 Å². The number of carboxylic acid groups (broad SMARTS) is 1. The largest absolute Gasteiger partial charge is 0.465 e. The summed E-state index contributed by atoms with van der Waals surface area (Å²) >= 11 is 0. The molecule has 0 saturated heterocycles. The van der Waals surface area contributed by atoms with Crippen molar-refractivity contribution in [3.8, 4) is 0 Å². The molecule has 0 spiro atoms. The first-order valence-electron chi connectivity index (χ1n) is 5.09. The summed E-state index contributed by atoms with van der Waals surface area (Å²) in [4.78, 5) is 14.9. The molecule has 0 atom stereocenters. The number of nitrogens with zero attached hydrogens (tertiary/aromatic N) is 1. The highest BCUT2D eigenvalue weighted by Gasteiger charge is 2.21. The zero-order chi connectivity index (χ0) is 12.2. The number of rotatable bonds is 4. The maximum atomic E-state index is 10.6. The summed E-state index contributed by atoms with van der Waals surface area (Å²) in [6.45, 7) is 4.02. The Kier molecular flexibility index (Phi) is 3.84. The average Bonchev–Trinajstić information content (AvgIpc) is 2.15. The number of nitrogens with one attached hydrogen (secondary N) is 1. The predicted octanol–water partition coefficient (Wildman–Crippen LogP) is 1.13. The van der Waals surface area contributed by atoms with Crippen LogP contribution in [-0.2, 0) is 13.0 Å². The van der Waals surface area contributed by atoms with Crippen LogP contribution in [0, 0.1) is 0 Å². The van der Waals surface area contributed by atoms with Crippen LogP contribution >= 0.6 is 0 Å². The fourth-order valence-corrected chi connectivity index (χ4v) is 1.53. The third-order valence-corrected chi connectivity index (χ3v) is 2.14. The first kappa shape index (κ1) is 12.4. The van der Waals surface area contributed by atoms with Crippen LogP contribution in [0.1, 0.15) is 25.2 Å². The Morgan fingerprint density at radius 1 is 1.50 bits per heavy atom. The molecule has 88 valence electrons. The maximum Gasteiger partial charge on any atom is 0.405 e. The van der Waals surface area contributed by atoms with Crippen molar-refractivity contribution in [3.05, 3.63) is 29.6 Å². The lowest BCUT2D eigenvalue weighted by molar-refractivity contribution is 0.182. The highest BCUT2D eigenvalue weighted by molar-refractivity contribution is 5.65. The second-order valence-electron chi connectivity index (χ2n) is 4.32. The number of aromatic nitrogens is 1. The molecule has 1 aromatic rings. The molecule has 0 unspecified atom stereocenters. The van der Waals surface area contributed by atoms with Gasteiger partial charge in [-0.05, 0) is 26.0 Å². The van der Waals surface area contributed by atoms with Gasteiger partial charge in [0, 0.05) is 24.2 Å². The SMILES string of the molecule is CC(C)(Cc1cccc(CN)n1)NC(=O)O. The third kappa shape index (κ3) is 3.86. The minimum Gasteiger partial charge on any atom is -0.465 e. The average molecular weight is 223 g/mol. The molecule has 5 nitrogen and oxygen atoms in total. The molecule has 4 N–H and O–H groups in total. The van der Waals surface area contributed by atoms with Gasteiger partial charge < -0.3 is 16.2 Å². The topological polar surface area (TPSA) is 88.2 Å². The fraction of sp³-hybridized carbons (Fsp3) is 0.455. The van der Waals surface area contributed by atoms with E-state index < -0.39 is 11.6 Å². The van der Waals surface area contributed by atoms with Crippen molar-refractivity contribution >= 4 is 6.09 Å². The van der Waals surface area contributed by atoms with Crippen molar-refractivity contribution in [2.45, 2.75) is 32.4 Å². The number of hydrogen-bond donors (Lipinski definition) is 3. The molecule has 0 bridgehead atoms. The highest BCUT2D eigenvalue weighted by Crippen LogP contribution is 2.11. The fourth-order valence-electron chi connectivity index (χ4n) is 1.53. The molecule has 1 amide bonds. The van der Waals surface area contributed by atoms with E-state index in [4.69, 9.17) is 10.8 Å². The lowest BCUT2D eigenvalue weighted by Gasteiger charge is -2.24. The van der Waals surface area contributed by atoms with Gasteiger partial charge in [-0.3, -0.25) is 4.98 Å². The van der Waals surface area contributed by atoms with Crippen LogP contribution in [0.15, 0.2) is 18.2 Å². The summed E-state index contributed by atoms with van der Waals surface area (Å²) in [5.74, 6) is 0. The first-order valence-corrected chi connectivity index (χ1v) is 5.09. The van der Waals surface area contributed by atoms with E-state index in [1.54, 1.807) is 0 Å². The number of hydrogen-bond acceptors (Lipinski definition) is 3. The van der Waals surface area contributed by atoms with Gasteiger partial charge in [-0.25, -0.2) is 4.79 Å². The van der Waals surface area contributed by atoms with E-state index in [0.29, 0.717) is 13.0 Å². The van der Waals surface area contributed by atoms with Crippen LogP contribution in [0.5, 0.6) is 0 Å². The molecule has 0 radical (unpaired) electrons. The van der Waals surface area contributed by atoms with E-state index in [1.165, 1.54) is 0 Å². The third-order valence-electron chi connectivity index (χ3n) is 2.14.